The number of nitrogens with zero attached hydrogens (tertiary/aromatic N) is 2. The highest BCUT2D eigenvalue weighted by Gasteiger charge is 2.26. The molecule has 0 fully saturated rings. The summed E-state index contributed by atoms with van der Waals surface area (Å²) in [5.41, 5.74) is -0.518. The van der Waals surface area contributed by atoms with Crippen LogP contribution in [0.15, 0.2) is 64.4 Å². The van der Waals surface area contributed by atoms with Crippen LogP contribution in [-0.2, 0) is 9.53 Å². The molecule has 212 valence electrons. The van der Waals surface area contributed by atoms with Crippen LogP contribution in [0.3, 0.4) is 0 Å². The normalized spacial score (nSPS) is 13.2. The number of carbonyl (C=O) groups excluding carboxylic acids is 2. The van der Waals surface area contributed by atoms with Gasteiger partial charge >= 0.3 is 5.97 Å². The molecule has 3 N–H and O–H groups in total. The van der Waals surface area contributed by atoms with Gasteiger partial charge in [0.05, 0.1) is 12.0 Å². The van der Waals surface area contributed by atoms with E-state index in [9.17, 15) is 23.6 Å². The molecule has 0 radical (unpaired) electrons. The van der Waals surface area contributed by atoms with Gasteiger partial charge in [0.1, 0.15) is 28.2 Å². The van der Waals surface area contributed by atoms with Gasteiger partial charge in [-0.2, -0.15) is 0 Å². The van der Waals surface area contributed by atoms with Gasteiger partial charge in [-0.25, -0.2) is 14.2 Å². The van der Waals surface area contributed by atoms with Crippen LogP contribution in [-0.4, -0.2) is 50.4 Å². The van der Waals surface area contributed by atoms with Crippen molar-refractivity contribution in [2.24, 2.45) is 0 Å². The first-order chi connectivity index (χ1) is 19.3. The van der Waals surface area contributed by atoms with Crippen molar-refractivity contribution >= 4 is 29.7 Å². The maximum Gasteiger partial charge on any atom is 0.329 e. The zero-order valence-corrected chi connectivity index (χ0v) is 23.2. The lowest BCUT2D eigenvalue weighted by Gasteiger charge is -2.28. The minimum absolute atomic E-state index is 0.0494. The number of aromatic amines is 3. The Morgan fingerprint density at radius 3 is 2.22 bits per heavy atom. The summed E-state index contributed by atoms with van der Waals surface area (Å²) in [6.45, 7) is 7.00. The molecular weight excluding hydrogens is 529 g/mol. The van der Waals surface area contributed by atoms with Crippen LogP contribution in [0.5, 0.6) is 0 Å². The number of carbonyl (C=O) groups is 2. The SMILES string of the molecule is CC(C(=O)OC(C)(C)C)N(C)c1nc[nH]c1/C=c1\[nH]c(=O)/c(=C/c2ccccc2C(=O)c2ccc(F)cc2)[nH]c1=O. The van der Waals surface area contributed by atoms with E-state index in [0.717, 1.165) is 0 Å². The summed E-state index contributed by atoms with van der Waals surface area (Å²) < 4.78 is 18.8. The van der Waals surface area contributed by atoms with Gasteiger partial charge in [-0.05, 0) is 69.7 Å². The van der Waals surface area contributed by atoms with Crippen LogP contribution < -0.4 is 26.7 Å². The monoisotopic (exact) mass is 559 g/mol. The van der Waals surface area contributed by atoms with Crippen LogP contribution in [0.4, 0.5) is 10.2 Å². The lowest BCUT2D eigenvalue weighted by Crippen LogP contribution is -2.47. The summed E-state index contributed by atoms with van der Waals surface area (Å²) in [5.74, 6) is -0.906. The molecule has 0 saturated carbocycles. The second kappa shape index (κ2) is 11.6. The topological polar surface area (TPSA) is 141 Å². The summed E-state index contributed by atoms with van der Waals surface area (Å²) in [6.07, 6.45) is 4.22. The first-order valence-corrected chi connectivity index (χ1v) is 12.8. The Morgan fingerprint density at radius 2 is 1.59 bits per heavy atom. The van der Waals surface area contributed by atoms with E-state index in [0.29, 0.717) is 17.1 Å². The highest BCUT2D eigenvalue weighted by atomic mass is 19.1. The molecule has 4 aromatic rings. The number of halogens is 1. The maximum absolute atomic E-state index is 13.3. The Bertz CT molecular complexity index is 1830. The van der Waals surface area contributed by atoms with E-state index in [4.69, 9.17) is 4.74 Å². The number of likely N-dealkylation sites (N-methyl/N-ethyl adjacent to an activating group) is 1. The van der Waals surface area contributed by atoms with Crippen LogP contribution >= 0.6 is 0 Å². The number of aromatic nitrogens is 4. The zero-order valence-electron chi connectivity index (χ0n) is 23.2. The van der Waals surface area contributed by atoms with E-state index in [1.54, 1.807) is 63.9 Å². The molecule has 0 amide bonds. The number of nitrogens with one attached hydrogen (secondary N) is 3. The molecule has 1 atom stereocenters. The number of ketones is 1. The molecule has 0 aliphatic carbocycles. The number of ether oxygens (including phenoxy) is 1. The van der Waals surface area contributed by atoms with E-state index in [1.165, 1.54) is 42.7 Å². The number of esters is 1. The smallest absolute Gasteiger partial charge is 0.329 e. The van der Waals surface area contributed by atoms with Crippen LogP contribution in [0.2, 0.25) is 0 Å². The Balaban J connectivity index is 1.69. The Hall–Kier alpha value is -5.06. The Kier molecular flexibility index (Phi) is 8.18. The molecule has 11 heteroatoms. The largest absolute Gasteiger partial charge is 0.458 e. The number of H-pyrrole nitrogens is 3. The molecule has 0 aliphatic rings. The average molecular weight is 560 g/mol. The third-order valence-corrected chi connectivity index (χ3v) is 6.20. The molecule has 2 heterocycles. The van der Waals surface area contributed by atoms with Gasteiger partial charge in [-0.15, -0.1) is 0 Å². The summed E-state index contributed by atoms with van der Waals surface area (Å²) in [5, 5.41) is -0.112. The number of anilines is 1. The molecule has 41 heavy (non-hydrogen) atoms. The van der Waals surface area contributed by atoms with Crippen LogP contribution in [0.1, 0.15) is 54.9 Å². The summed E-state index contributed by atoms with van der Waals surface area (Å²) in [6, 6.07) is 11.0. The first kappa shape index (κ1) is 28.9. The molecule has 0 bridgehead atoms. The van der Waals surface area contributed by atoms with Crippen molar-refractivity contribution in [2.75, 3.05) is 11.9 Å². The lowest BCUT2D eigenvalue weighted by atomic mass is 9.98. The molecule has 0 saturated heterocycles. The fourth-order valence-electron chi connectivity index (χ4n) is 4.00. The third-order valence-electron chi connectivity index (χ3n) is 6.20. The fraction of sp³-hybridized carbons (Fsp3) is 0.233. The molecule has 1 unspecified atom stereocenters. The summed E-state index contributed by atoms with van der Waals surface area (Å²) >= 11 is 0. The van der Waals surface area contributed by atoms with Crippen molar-refractivity contribution in [1.82, 2.24) is 19.9 Å². The van der Waals surface area contributed by atoms with Gasteiger partial charge in [-0.1, -0.05) is 24.3 Å². The van der Waals surface area contributed by atoms with E-state index >= 15 is 0 Å². The number of imidazole rings is 1. The van der Waals surface area contributed by atoms with Gasteiger partial charge in [0.15, 0.2) is 11.6 Å². The number of benzene rings is 2. The third kappa shape index (κ3) is 6.75. The van der Waals surface area contributed by atoms with Gasteiger partial charge in [-0.3, -0.25) is 14.4 Å². The van der Waals surface area contributed by atoms with Crippen LogP contribution in [0.25, 0.3) is 12.2 Å². The predicted molar refractivity (Wildman–Crippen MR) is 153 cm³/mol. The average Bonchev–Trinajstić information content (AvgIpc) is 3.38. The second-order valence-corrected chi connectivity index (χ2v) is 10.4. The minimum Gasteiger partial charge on any atom is -0.458 e. The van der Waals surface area contributed by atoms with Crippen molar-refractivity contribution < 1.29 is 18.7 Å². The predicted octanol–water partition coefficient (Wildman–Crippen LogP) is 1.98. The van der Waals surface area contributed by atoms with Gasteiger partial charge in [0.25, 0.3) is 11.1 Å². The maximum atomic E-state index is 13.3. The second-order valence-electron chi connectivity index (χ2n) is 10.4. The van der Waals surface area contributed by atoms with Crippen LogP contribution in [0, 0.1) is 5.82 Å². The van der Waals surface area contributed by atoms with E-state index in [1.807, 2.05) is 0 Å². The zero-order chi connectivity index (χ0) is 29.9. The lowest BCUT2D eigenvalue weighted by molar-refractivity contribution is -0.156. The summed E-state index contributed by atoms with van der Waals surface area (Å²) in [7, 11) is 1.66. The Morgan fingerprint density at radius 1 is 0.976 bits per heavy atom. The molecule has 0 spiro atoms. The quantitative estimate of drug-likeness (QED) is 0.232. The molecule has 4 rings (SSSR count). The van der Waals surface area contributed by atoms with E-state index in [-0.39, 0.29) is 27.6 Å². The van der Waals surface area contributed by atoms with Gasteiger partial charge < -0.3 is 24.6 Å². The van der Waals surface area contributed by atoms with E-state index < -0.39 is 34.5 Å². The summed E-state index contributed by atoms with van der Waals surface area (Å²) in [4.78, 5) is 65.4. The van der Waals surface area contributed by atoms with Crippen molar-refractivity contribution in [2.45, 2.75) is 39.3 Å². The van der Waals surface area contributed by atoms with Crippen molar-refractivity contribution in [3.05, 3.63) is 114 Å². The molecule has 2 aromatic carbocycles. The molecular formula is C30H30FN5O5. The fourth-order valence-corrected chi connectivity index (χ4v) is 4.00. The highest BCUT2D eigenvalue weighted by molar-refractivity contribution is 6.11. The van der Waals surface area contributed by atoms with E-state index in [2.05, 4.69) is 19.9 Å². The van der Waals surface area contributed by atoms with Crippen molar-refractivity contribution in [3.63, 3.8) is 0 Å². The van der Waals surface area contributed by atoms with Crippen molar-refractivity contribution in [3.8, 4) is 0 Å². The molecule has 0 aliphatic heterocycles. The number of hydrogen-bond donors (Lipinski definition) is 3. The number of rotatable bonds is 7. The first-order valence-electron chi connectivity index (χ1n) is 12.8. The minimum atomic E-state index is -0.684. The molecule has 2 aromatic heterocycles. The standard InChI is InChI=1S/C30H30FN5O5/c1-17(29(40)41-30(2,3)4)36(5)26-22(32-16-33-26)15-24-28(39)34-23(27(38)35-24)14-19-8-6-7-9-21(19)25(37)18-10-12-20(31)13-11-18/h6-17H,1-5H3,(H,32,33)(H,34,39)(H,35,38)/b23-14-,24-15-. The van der Waals surface area contributed by atoms with Gasteiger partial charge in [0, 0.05) is 18.2 Å². The van der Waals surface area contributed by atoms with Gasteiger partial charge in [0.2, 0.25) is 0 Å². The number of hydrogen-bond acceptors (Lipinski definition) is 7. The highest BCUT2D eigenvalue weighted by Crippen LogP contribution is 2.19. The molecule has 10 nitrogen and oxygen atoms in total. The van der Waals surface area contributed by atoms with Crippen molar-refractivity contribution in [1.29, 1.82) is 0 Å². The Labute approximate surface area is 234 Å².